The molecule has 172 valence electrons. The van der Waals surface area contributed by atoms with Gasteiger partial charge >= 0.3 is 0 Å². The van der Waals surface area contributed by atoms with Crippen molar-refractivity contribution in [3.63, 3.8) is 0 Å². The molecule has 3 heterocycles. The Morgan fingerprint density at radius 3 is 2.62 bits per heavy atom. The van der Waals surface area contributed by atoms with Crippen LogP contribution < -0.4 is 4.74 Å². The van der Waals surface area contributed by atoms with E-state index in [1.54, 1.807) is 24.4 Å². The molecular weight excluding hydrogens is 452 g/mol. The zero-order valence-electron chi connectivity index (χ0n) is 18.7. The van der Waals surface area contributed by atoms with E-state index in [0.29, 0.717) is 23.3 Å². The molecule has 0 bridgehead atoms. The topological polar surface area (TPSA) is 94.0 Å². The second-order valence-corrected chi connectivity index (χ2v) is 8.62. The zero-order chi connectivity index (χ0) is 23.5. The highest BCUT2D eigenvalue weighted by atomic mass is 32.2. The van der Waals surface area contributed by atoms with Crippen LogP contribution in [0.2, 0.25) is 0 Å². The Morgan fingerprint density at radius 2 is 1.91 bits per heavy atom. The van der Waals surface area contributed by atoms with Crippen LogP contribution in [0.1, 0.15) is 29.3 Å². The third-order valence-corrected chi connectivity index (χ3v) is 6.39. The predicted octanol–water partition coefficient (Wildman–Crippen LogP) is 5.12. The van der Waals surface area contributed by atoms with Crippen molar-refractivity contribution in [1.29, 1.82) is 0 Å². The molecule has 8 nitrogen and oxygen atoms in total. The van der Waals surface area contributed by atoms with E-state index in [9.17, 15) is 4.79 Å². The molecule has 9 heteroatoms. The molecule has 2 aromatic carbocycles. The Balaban J connectivity index is 1.34. The van der Waals surface area contributed by atoms with Gasteiger partial charge in [-0.2, -0.15) is 5.10 Å². The Labute approximate surface area is 200 Å². The van der Waals surface area contributed by atoms with Gasteiger partial charge in [-0.3, -0.25) is 4.79 Å². The molecule has 1 aliphatic heterocycles. The molecule has 1 aliphatic rings. The third-order valence-electron chi connectivity index (χ3n) is 5.59. The summed E-state index contributed by atoms with van der Waals surface area (Å²) in [6.07, 6.45) is 2.19. The number of aryl methyl sites for hydroxylation is 1. The summed E-state index contributed by atoms with van der Waals surface area (Å²) in [5.41, 5.74) is 3.60. The first-order valence-corrected chi connectivity index (χ1v) is 11.7. The highest BCUT2D eigenvalue weighted by molar-refractivity contribution is 7.99. The summed E-state index contributed by atoms with van der Waals surface area (Å²) in [4.78, 5) is 13.3. The van der Waals surface area contributed by atoms with Crippen molar-refractivity contribution in [3.05, 3.63) is 83.8 Å². The van der Waals surface area contributed by atoms with Gasteiger partial charge in [-0.25, -0.2) is 5.01 Å². The van der Waals surface area contributed by atoms with Crippen molar-refractivity contribution in [2.75, 3.05) is 12.9 Å². The summed E-state index contributed by atoms with van der Waals surface area (Å²) in [5, 5.41) is 14.7. The second-order valence-electron chi connectivity index (χ2n) is 7.70. The summed E-state index contributed by atoms with van der Waals surface area (Å²) in [6.45, 7) is 1.82. The quantitative estimate of drug-likeness (QED) is 0.343. The Bertz CT molecular complexity index is 1310. The van der Waals surface area contributed by atoms with Crippen LogP contribution in [0.5, 0.6) is 5.75 Å². The third kappa shape index (κ3) is 4.47. The van der Waals surface area contributed by atoms with Crippen LogP contribution in [0.3, 0.4) is 0 Å². The van der Waals surface area contributed by atoms with Crippen LogP contribution in [0, 0.1) is 6.92 Å². The number of benzene rings is 2. The summed E-state index contributed by atoms with van der Waals surface area (Å²) < 4.78 is 16.3. The molecular formula is C25H22N4O4S. The van der Waals surface area contributed by atoms with Crippen molar-refractivity contribution < 1.29 is 18.4 Å². The van der Waals surface area contributed by atoms with Gasteiger partial charge in [0.25, 0.3) is 17.0 Å². The molecule has 0 radical (unpaired) electrons. The van der Waals surface area contributed by atoms with Gasteiger partial charge in [-0.15, -0.1) is 10.2 Å². The fourth-order valence-corrected chi connectivity index (χ4v) is 4.42. The lowest BCUT2D eigenvalue weighted by Gasteiger charge is -2.22. The predicted molar refractivity (Wildman–Crippen MR) is 128 cm³/mol. The average Bonchev–Trinajstić information content (AvgIpc) is 3.63. The summed E-state index contributed by atoms with van der Waals surface area (Å²) in [6, 6.07) is 19.2. The highest BCUT2D eigenvalue weighted by Gasteiger charge is 2.33. The number of nitrogens with zero attached hydrogens (tertiary/aromatic N) is 4. The number of carbonyl (C=O) groups is 1. The van der Waals surface area contributed by atoms with Crippen molar-refractivity contribution in [2.45, 2.75) is 24.6 Å². The normalized spacial score (nSPS) is 15.4. The molecule has 0 N–H and O–H groups in total. The van der Waals surface area contributed by atoms with Gasteiger partial charge in [0.1, 0.15) is 11.5 Å². The summed E-state index contributed by atoms with van der Waals surface area (Å²) in [7, 11) is 1.63. The molecule has 1 atom stereocenters. The number of methoxy groups -OCH3 is 1. The van der Waals surface area contributed by atoms with Gasteiger partial charge in [0.05, 0.1) is 36.4 Å². The van der Waals surface area contributed by atoms with E-state index in [1.807, 2.05) is 61.5 Å². The van der Waals surface area contributed by atoms with Crippen LogP contribution in [0.4, 0.5) is 0 Å². The van der Waals surface area contributed by atoms with Gasteiger partial charge in [-0.1, -0.05) is 54.2 Å². The van der Waals surface area contributed by atoms with Gasteiger partial charge in [-0.05, 0) is 36.2 Å². The minimum atomic E-state index is -0.207. The molecule has 0 saturated carbocycles. The van der Waals surface area contributed by atoms with Gasteiger partial charge in [0, 0.05) is 6.42 Å². The number of aromatic nitrogens is 2. The maximum absolute atomic E-state index is 13.3. The van der Waals surface area contributed by atoms with E-state index in [-0.39, 0.29) is 17.7 Å². The molecule has 0 aliphatic carbocycles. The first-order valence-electron chi connectivity index (χ1n) is 10.7. The first-order chi connectivity index (χ1) is 16.6. The first kappa shape index (κ1) is 22.0. The van der Waals surface area contributed by atoms with Crippen LogP contribution in [-0.2, 0) is 4.79 Å². The van der Waals surface area contributed by atoms with Crippen molar-refractivity contribution in [2.24, 2.45) is 5.10 Å². The number of hydrogen-bond donors (Lipinski definition) is 0. The molecule has 34 heavy (non-hydrogen) atoms. The minimum absolute atomic E-state index is 0.115. The van der Waals surface area contributed by atoms with Crippen LogP contribution in [-0.4, -0.2) is 39.7 Å². The Morgan fingerprint density at radius 1 is 1.12 bits per heavy atom. The van der Waals surface area contributed by atoms with E-state index in [2.05, 4.69) is 10.2 Å². The SMILES string of the molecule is COc1ccc([C@@H]2CC(c3ccccc3)=NN2C(=O)CSc2nnc(-c3ccoc3C)o2)cc1. The zero-order valence-corrected chi connectivity index (χ0v) is 19.5. The van der Waals surface area contributed by atoms with E-state index in [1.165, 1.54) is 11.8 Å². The lowest BCUT2D eigenvalue weighted by Crippen LogP contribution is -2.28. The molecule has 1 amide bonds. The van der Waals surface area contributed by atoms with E-state index in [4.69, 9.17) is 18.7 Å². The number of amides is 1. The smallest absolute Gasteiger partial charge is 0.277 e. The van der Waals surface area contributed by atoms with Gasteiger partial charge in [0.2, 0.25) is 0 Å². The largest absolute Gasteiger partial charge is 0.497 e. The lowest BCUT2D eigenvalue weighted by atomic mass is 9.98. The van der Waals surface area contributed by atoms with E-state index in [0.717, 1.165) is 28.2 Å². The van der Waals surface area contributed by atoms with Crippen LogP contribution in [0.25, 0.3) is 11.5 Å². The van der Waals surface area contributed by atoms with Crippen molar-refractivity contribution >= 4 is 23.4 Å². The van der Waals surface area contributed by atoms with Crippen molar-refractivity contribution in [1.82, 2.24) is 15.2 Å². The highest BCUT2D eigenvalue weighted by Crippen LogP contribution is 2.34. The number of ether oxygens (including phenoxy) is 1. The Hall–Kier alpha value is -3.85. The number of rotatable bonds is 7. The minimum Gasteiger partial charge on any atom is -0.497 e. The maximum atomic E-state index is 13.3. The second kappa shape index (κ2) is 9.56. The van der Waals surface area contributed by atoms with E-state index >= 15 is 0 Å². The van der Waals surface area contributed by atoms with Gasteiger partial charge < -0.3 is 13.6 Å². The lowest BCUT2D eigenvalue weighted by molar-refractivity contribution is -0.130. The summed E-state index contributed by atoms with van der Waals surface area (Å²) >= 11 is 1.19. The molecule has 5 rings (SSSR count). The average molecular weight is 475 g/mol. The monoisotopic (exact) mass is 474 g/mol. The van der Waals surface area contributed by atoms with Crippen molar-refractivity contribution in [3.8, 4) is 17.2 Å². The molecule has 0 unspecified atom stereocenters. The fraction of sp³-hybridized carbons (Fsp3) is 0.200. The maximum Gasteiger partial charge on any atom is 0.277 e. The Kier molecular flexibility index (Phi) is 6.18. The van der Waals surface area contributed by atoms with Gasteiger partial charge in [0.15, 0.2) is 0 Å². The van der Waals surface area contributed by atoms with E-state index < -0.39 is 0 Å². The number of carbonyl (C=O) groups excluding carboxylic acids is 1. The fourth-order valence-electron chi connectivity index (χ4n) is 3.80. The number of thioether (sulfide) groups is 1. The molecule has 0 spiro atoms. The number of furan rings is 1. The molecule has 4 aromatic rings. The van der Waals surface area contributed by atoms with Crippen LogP contribution >= 0.6 is 11.8 Å². The summed E-state index contributed by atoms with van der Waals surface area (Å²) in [5.74, 6) is 1.79. The standard InChI is InChI=1S/C25H22N4O4S/c1-16-20(12-13-32-16)24-26-27-25(33-24)34-15-23(30)29-22(18-8-10-19(31-2)11-9-18)14-21(28-29)17-6-4-3-5-7-17/h3-13,22H,14-15H2,1-2H3/t22-/m0/s1. The molecule has 2 aromatic heterocycles. The molecule has 0 fully saturated rings. The number of hydrazone groups is 1. The number of hydrogen-bond acceptors (Lipinski definition) is 8. The molecule has 0 saturated heterocycles. The van der Waals surface area contributed by atoms with Crippen LogP contribution in [0.15, 0.2) is 86.1 Å².